The zero-order valence-corrected chi connectivity index (χ0v) is 11.2. The van der Waals surface area contributed by atoms with Crippen LogP contribution in [0.25, 0.3) is 0 Å². The number of para-hydroxylation sites is 1. The topological polar surface area (TPSA) is 38.5 Å². The van der Waals surface area contributed by atoms with Gasteiger partial charge in [-0.05, 0) is 32.4 Å². The molecule has 0 radical (unpaired) electrons. The standard InChI is InChI=1S/C14H21FN2O/c1-9-7-17(8-10(2)18-9)14-12(11(3)16)5-4-6-13(14)15/h4-6,9-11H,7-8,16H2,1-3H3/t9-,10+,11?. The average molecular weight is 252 g/mol. The molecular formula is C14H21FN2O. The van der Waals surface area contributed by atoms with Crippen molar-refractivity contribution in [1.29, 1.82) is 0 Å². The number of ether oxygens (including phenoxy) is 1. The van der Waals surface area contributed by atoms with Gasteiger partial charge in [-0.2, -0.15) is 0 Å². The second-order valence-corrected chi connectivity index (χ2v) is 5.13. The molecule has 1 fully saturated rings. The minimum absolute atomic E-state index is 0.106. The third kappa shape index (κ3) is 2.65. The molecule has 1 aromatic carbocycles. The van der Waals surface area contributed by atoms with Crippen LogP contribution in [0.2, 0.25) is 0 Å². The predicted molar refractivity (Wildman–Crippen MR) is 71.2 cm³/mol. The first kappa shape index (κ1) is 13.3. The van der Waals surface area contributed by atoms with Crippen LogP contribution in [0.3, 0.4) is 0 Å². The fourth-order valence-corrected chi connectivity index (χ4v) is 2.59. The van der Waals surface area contributed by atoms with Gasteiger partial charge in [-0.25, -0.2) is 4.39 Å². The fourth-order valence-electron chi connectivity index (χ4n) is 2.59. The van der Waals surface area contributed by atoms with E-state index >= 15 is 0 Å². The van der Waals surface area contributed by atoms with E-state index in [0.29, 0.717) is 18.8 Å². The maximum Gasteiger partial charge on any atom is 0.146 e. The first-order valence-electron chi connectivity index (χ1n) is 6.43. The Morgan fingerprint density at radius 3 is 2.50 bits per heavy atom. The smallest absolute Gasteiger partial charge is 0.146 e. The predicted octanol–water partition coefficient (Wildman–Crippen LogP) is 2.46. The second-order valence-electron chi connectivity index (χ2n) is 5.13. The summed E-state index contributed by atoms with van der Waals surface area (Å²) >= 11 is 0. The fraction of sp³-hybridized carbons (Fsp3) is 0.571. The van der Waals surface area contributed by atoms with Crippen molar-refractivity contribution in [2.45, 2.75) is 39.0 Å². The van der Waals surface area contributed by atoms with Crippen LogP contribution >= 0.6 is 0 Å². The Morgan fingerprint density at radius 2 is 1.94 bits per heavy atom. The number of hydrogen-bond acceptors (Lipinski definition) is 3. The molecule has 4 heteroatoms. The Bertz CT molecular complexity index is 412. The molecule has 1 aliphatic heterocycles. The molecule has 18 heavy (non-hydrogen) atoms. The highest BCUT2D eigenvalue weighted by atomic mass is 19.1. The number of halogens is 1. The quantitative estimate of drug-likeness (QED) is 0.878. The Balaban J connectivity index is 2.37. The molecule has 0 amide bonds. The molecule has 1 unspecified atom stereocenters. The largest absolute Gasteiger partial charge is 0.372 e. The first-order chi connectivity index (χ1) is 8.49. The molecule has 3 nitrogen and oxygen atoms in total. The van der Waals surface area contributed by atoms with Crippen LogP contribution in [0.1, 0.15) is 32.4 Å². The number of anilines is 1. The van der Waals surface area contributed by atoms with E-state index in [0.717, 1.165) is 5.56 Å². The van der Waals surface area contributed by atoms with Gasteiger partial charge in [0, 0.05) is 19.1 Å². The summed E-state index contributed by atoms with van der Waals surface area (Å²) in [4.78, 5) is 2.05. The van der Waals surface area contributed by atoms with Crippen molar-refractivity contribution in [3.05, 3.63) is 29.6 Å². The summed E-state index contributed by atoms with van der Waals surface area (Å²) in [6, 6.07) is 4.93. The van der Waals surface area contributed by atoms with E-state index in [1.165, 1.54) is 6.07 Å². The van der Waals surface area contributed by atoms with Crippen molar-refractivity contribution in [3.8, 4) is 0 Å². The van der Waals surface area contributed by atoms with Crippen LogP contribution in [-0.2, 0) is 4.74 Å². The van der Waals surface area contributed by atoms with E-state index in [2.05, 4.69) is 0 Å². The van der Waals surface area contributed by atoms with Gasteiger partial charge in [-0.1, -0.05) is 12.1 Å². The van der Waals surface area contributed by atoms with Crippen LogP contribution in [0, 0.1) is 5.82 Å². The monoisotopic (exact) mass is 252 g/mol. The van der Waals surface area contributed by atoms with Gasteiger partial charge in [-0.3, -0.25) is 0 Å². The van der Waals surface area contributed by atoms with Gasteiger partial charge in [-0.15, -0.1) is 0 Å². The summed E-state index contributed by atoms with van der Waals surface area (Å²) in [6.45, 7) is 7.30. The molecular weight excluding hydrogens is 231 g/mol. The lowest BCUT2D eigenvalue weighted by Crippen LogP contribution is -2.46. The summed E-state index contributed by atoms with van der Waals surface area (Å²) in [5.41, 5.74) is 7.43. The van der Waals surface area contributed by atoms with Crippen LogP contribution in [0.5, 0.6) is 0 Å². The Hall–Kier alpha value is -1.13. The molecule has 0 spiro atoms. The SMILES string of the molecule is CC(N)c1cccc(F)c1N1C[C@@H](C)O[C@@H](C)C1. The molecule has 1 aliphatic rings. The highest BCUT2D eigenvalue weighted by Crippen LogP contribution is 2.30. The number of morpholine rings is 1. The molecule has 1 aromatic rings. The summed E-state index contributed by atoms with van der Waals surface area (Å²) < 4.78 is 19.8. The number of nitrogens with two attached hydrogens (primary N) is 1. The second kappa shape index (κ2) is 5.24. The maximum absolute atomic E-state index is 14.1. The lowest BCUT2D eigenvalue weighted by Gasteiger charge is -2.38. The minimum atomic E-state index is -0.203. The van der Waals surface area contributed by atoms with Crippen LogP contribution in [0.15, 0.2) is 18.2 Å². The average Bonchev–Trinajstić information content (AvgIpc) is 2.26. The van der Waals surface area contributed by atoms with Crippen LogP contribution < -0.4 is 10.6 Å². The van der Waals surface area contributed by atoms with Crippen molar-refractivity contribution in [1.82, 2.24) is 0 Å². The molecule has 0 saturated carbocycles. The Morgan fingerprint density at radius 1 is 1.33 bits per heavy atom. The third-order valence-corrected chi connectivity index (χ3v) is 3.24. The normalized spacial score (nSPS) is 26.2. The number of benzene rings is 1. The summed E-state index contributed by atoms with van der Waals surface area (Å²) in [7, 11) is 0. The summed E-state index contributed by atoms with van der Waals surface area (Å²) in [5, 5.41) is 0. The Kier molecular flexibility index (Phi) is 3.88. The lowest BCUT2D eigenvalue weighted by atomic mass is 10.0. The molecule has 1 saturated heterocycles. The van der Waals surface area contributed by atoms with Crippen LogP contribution in [0.4, 0.5) is 10.1 Å². The molecule has 2 rings (SSSR count). The zero-order chi connectivity index (χ0) is 13.3. The van der Waals surface area contributed by atoms with Gasteiger partial charge < -0.3 is 15.4 Å². The molecule has 0 aromatic heterocycles. The van der Waals surface area contributed by atoms with Crippen molar-refractivity contribution < 1.29 is 9.13 Å². The first-order valence-corrected chi connectivity index (χ1v) is 6.43. The third-order valence-electron chi connectivity index (χ3n) is 3.24. The van der Waals surface area contributed by atoms with Gasteiger partial charge in [0.15, 0.2) is 0 Å². The molecule has 0 aliphatic carbocycles. The van der Waals surface area contributed by atoms with Crippen molar-refractivity contribution in [2.24, 2.45) is 5.73 Å². The highest BCUT2D eigenvalue weighted by molar-refractivity contribution is 5.56. The number of nitrogens with zero attached hydrogens (tertiary/aromatic N) is 1. The van der Waals surface area contributed by atoms with Gasteiger partial charge in [0.1, 0.15) is 5.82 Å². The summed E-state index contributed by atoms with van der Waals surface area (Å²) in [5.74, 6) is -0.203. The number of rotatable bonds is 2. The van der Waals surface area contributed by atoms with Crippen molar-refractivity contribution in [2.75, 3.05) is 18.0 Å². The zero-order valence-electron chi connectivity index (χ0n) is 11.2. The van der Waals surface area contributed by atoms with E-state index in [9.17, 15) is 4.39 Å². The molecule has 3 atom stereocenters. The van der Waals surface area contributed by atoms with Crippen molar-refractivity contribution >= 4 is 5.69 Å². The van der Waals surface area contributed by atoms with E-state index in [4.69, 9.17) is 10.5 Å². The lowest BCUT2D eigenvalue weighted by molar-refractivity contribution is -0.00545. The molecule has 0 bridgehead atoms. The van der Waals surface area contributed by atoms with E-state index in [1.54, 1.807) is 6.07 Å². The Labute approximate surface area is 108 Å². The van der Waals surface area contributed by atoms with Gasteiger partial charge in [0.25, 0.3) is 0 Å². The maximum atomic E-state index is 14.1. The molecule has 2 N–H and O–H groups in total. The van der Waals surface area contributed by atoms with E-state index in [-0.39, 0.29) is 24.1 Å². The van der Waals surface area contributed by atoms with Gasteiger partial charge in [0.05, 0.1) is 17.9 Å². The van der Waals surface area contributed by atoms with Gasteiger partial charge >= 0.3 is 0 Å². The van der Waals surface area contributed by atoms with Crippen molar-refractivity contribution in [3.63, 3.8) is 0 Å². The summed E-state index contributed by atoms with van der Waals surface area (Å²) in [6.07, 6.45) is 0.212. The van der Waals surface area contributed by atoms with Gasteiger partial charge in [0.2, 0.25) is 0 Å². The van der Waals surface area contributed by atoms with E-state index in [1.807, 2.05) is 31.7 Å². The minimum Gasteiger partial charge on any atom is -0.372 e. The highest BCUT2D eigenvalue weighted by Gasteiger charge is 2.26. The molecule has 100 valence electrons. The number of hydrogen-bond donors (Lipinski definition) is 1. The molecule has 1 heterocycles. The van der Waals surface area contributed by atoms with Crippen LogP contribution in [-0.4, -0.2) is 25.3 Å². The van der Waals surface area contributed by atoms with E-state index < -0.39 is 0 Å².